The van der Waals surface area contributed by atoms with Gasteiger partial charge in [0.15, 0.2) is 12.3 Å². The fraction of sp³-hybridized carbons (Fsp3) is 1.00. The lowest BCUT2D eigenvalue weighted by molar-refractivity contribution is -0.153. The van der Waals surface area contributed by atoms with E-state index in [1.54, 1.807) is 0 Å². The van der Waals surface area contributed by atoms with Gasteiger partial charge in [-0.15, -0.1) is 0 Å². The molecule has 0 fully saturated rings. The molecule has 0 spiro atoms. The molecule has 5 heteroatoms. The summed E-state index contributed by atoms with van der Waals surface area (Å²) in [6.45, 7) is 0.446. The molecule has 0 radical (unpaired) electrons. The first kappa shape index (κ1) is 11.7. The van der Waals surface area contributed by atoms with E-state index in [9.17, 15) is 17.6 Å². The van der Waals surface area contributed by atoms with Crippen molar-refractivity contribution in [2.45, 2.75) is 32.0 Å². The van der Waals surface area contributed by atoms with Crippen LogP contribution in [0.15, 0.2) is 0 Å². The van der Waals surface area contributed by atoms with E-state index in [2.05, 4.69) is 4.74 Å². The number of alkyl halides is 4. The van der Waals surface area contributed by atoms with Crippen LogP contribution in [0.5, 0.6) is 0 Å². The highest BCUT2D eigenvalue weighted by molar-refractivity contribution is 4.80. The van der Waals surface area contributed by atoms with E-state index >= 15 is 0 Å². The Hall–Kier alpha value is -0.320. The molecule has 0 heterocycles. The number of hydrogen-bond donors (Lipinski definition) is 0. The van der Waals surface area contributed by atoms with Gasteiger partial charge in [-0.2, -0.15) is 0 Å². The van der Waals surface area contributed by atoms with Gasteiger partial charge in [0.25, 0.3) is 5.92 Å². The lowest BCUT2D eigenvalue weighted by Gasteiger charge is -2.24. The number of hydrogen-bond acceptors (Lipinski definition) is 1. The maximum absolute atomic E-state index is 12.5. The van der Waals surface area contributed by atoms with E-state index in [-0.39, 0.29) is 6.61 Å². The minimum atomic E-state index is -3.35. The number of rotatable bonds is 5. The summed E-state index contributed by atoms with van der Waals surface area (Å²) in [6, 6.07) is 0. The van der Waals surface area contributed by atoms with Gasteiger partial charge >= 0.3 is 0 Å². The number of ether oxygens (including phenoxy) is 1. The smallest absolute Gasteiger partial charge is 0.273 e. The zero-order valence-electron chi connectivity index (χ0n) is 6.99. The average molecular weight is 188 g/mol. The summed E-state index contributed by atoms with van der Waals surface area (Å²) < 4.78 is 53.6. The van der Waals surface area contributed by atoms with Crippen molar-refractivity contribution in [3.8, 4) is 0 Å². The van der Waals surface area contributed by atoms with Crippen LogP contribution in [-0.4, -0.2) is 31.5 Å². The largest absolute Gasteiger partial charge is 0.369 e. The summed E-state index contributed by atoms with van der Waals surface area (Å²) in [7, 11) is 0. The van der Waals surface area contributed by atoms with Crippen LogP contribution in [0, 0.1) is 0 Å². The van der Waals surface area contributed by atoms with Crippen LogP contribution < -0.4 is 0 Å². The highest BCUT2D eigenvalue weighted by atomic mass is 19.3. The van der Waals surface area contributed by atoms with E-state index in [4.69, 9.17) is 0 Å². The van der Waals surface area contributed by atoms with Crippen molar-refractivity contribution >= 4 is 0 Å². The predicted octanol–water partition coefficient (Wildman–Crippen LogP) is 2.35. The topological polar surface area (TPSA) is 9.23 Å². The van der Waals surface area contributed by atoms with Crippen molar-refractivity contribution < 1.29 is 22.3 Å². The lowest BCUT2D eigenvalue weighted by Crippen LogP contribution is -2.41. The number of halogens is 4. The Morgan fingerprint density at radius 2 is 1.92 bits per heavy atom. The molecule has 74 valence electrons. The van der Waals surface area contributed by atoms with Gasteiger partial charge in [-0.1, -0.05) is 0 Å². The lowest BCUT2D eigenvalue weighted by atomic mass is 10.1. The van der Waals surface area contributed by atoms with Gasteiger partial charge in [0.2, 0.25) is 0 Å². The molecule has 12 heavy (non-hydrogen) atoms. The van der Waals surface area contributed by atoms with Crippen molar-refractivity contribution in [3.05, 3.63) is 0 Å². The first-order valence-electron chi connectivity index (χ1n) is 3.63. The van der Waals surface area contributed by atoms with Gasteiger partial charge in [0.1, 0.15) is 6.67 Å². The third kappa shape index (κ3) is 3.38. The predicted molar refractivity (Wildman–Crippen MR) is 36.9 cm³/mol. The third-order valence-electron chi connectivity index (χ3n) is 1.32. The molecule has 0 saturated heterocycles. The summed E-state index contributed by atoms with van der Waals surface area (Å²) in [6.07, 6.45) is -4.24. The normalized spacial score (nSPS) is 17.5. The molecule has 0 saturated carbocycles. The Morgan fingerprint density at radius 3 is 2.17 bits per heavy atom. The van der Waals surface area contributed by atoms with Crippen LogP contribution in [0.25, 0.3) is 0 Å². The maximum Gasteiger partial charge on any atom is 0.273 e. The Bertz CT molecular complexity index is 123. The summed E-state index contributed by atoms with van der Waals surface area (Å²) in [5, 5.41) is 0. The van der Waals surface area contributed by atoms with Crippen molar-refractivity contribution in [3.63, 3.8) is 0 Å². The van der Waals surface area contributed by atoms with Gasteiger partial charge in [0.05, 0.1) is 0 Å². The van der Waals surface area contributed by atoms with E-state index in [0.717, 1.165) is 0 Å². The second-order valence-electron chi connectivity index (χ2n) is 2.50. The van der Waals surface area contributed by atoms with Crippen LogP contribution in [0.2, 0.25) is 0 Å². The highest BCUT2D eigenvalue weighted by Crippen LogP contribution is 2.24. The highest BCUT2D eigenvalue weighted by Gasteiger charge is 2.41. The van der Waals surface area contributed by atoms with Crippen molar-refractivity contribution in [2.24, 2.45) is 0 Å². The van der Waals surface area contributed by atoms with E-state index in [1.165, 1.54) is 6.92 Å². The first-order chi connectivity index (χ1) is 5.43. The minimum Gasteiger partial charge on any atom is -0.369 e. The molecule has 0 aliphatic carbocycles. The zero-order chi connectivity index (χ0) is 9.78. The Morgan fingerprint density at radius 1 is 1.42 bits per heavy atom. The van der Waals surface area contributed by atoms with Crippen LogP contribution in [-0.2, 0) is 4.74 Å². The monoisotopic (exact) mass is 188 g/mol. The Labute approximate surface area is 68.7 Å². The molecule has 0 rings (SSSR count). The van der Waals surface area contributed by atoms with Gasteiger partial charge in [-0.05, 0) is 6.92 Å². The van der Waals surface area contributed by atoms with Gasteiger partial charge in [-0.25, -0.2) is 17.6 Å². The molecule has 0 aromatic rings. The quantitative estimate of drug-likeness (QED) is 0.602. The van der Waals surface area contributed by atoms with Crippen LogP contribution in [0.3, 0.4) is 0 Å². The maximum atomic E-state index is 12.5. The molecule has 0 aliphatic rings. The summed E-state index contributed by atoms with van der Waals surface area (Å²) >= 11 is 0. The average Bonchev–Trinajstić information content (AvgIpc) is 1.96. The van der Waals surface area contributed by atoms with Gasteiger partial charge < -0.3 is 4.74 Å². The Kier molecular flexibility index (Phi) is 4.52. The molecule has 0 aliphatic heterocycles. The fourth-order valence-electron chi connectivity index (χ4n) is 0.829. The van der Waals surface area contributed by atoms with Crippen molar-refractivity contribution in [1.82, 2.24) is 0 Å². The van der Waals surface area contributed by atoms with Crippen LogP contribution >= 0.6 is 0 Å². The molecule has 0 aromatic carbocycles. The summed E-state index contributed by atoms with van der Waals surface area (Å²) in [5.41, 5.74) is 0. The van der Waals surface area contributed by atoms with Gasteiger partial charge in [-0.3, -0.25) is 0 Å². The van der Waals surface area contributed by atoms with Gasteiger partial charge in [0, 0.05) is 13.5 Å². The molecule has 0 aromatic heterocycles. The fourth-order valence-corrected chi connectivity index (χ4v) is 0.829. The summed E-state index contributed by atoms with van der Waals surface area (Å²) in [4.78, 5) is 0. The Balaban J connectivity index is 4.22. The molecule has 2 unspecified atom stereocenters. The van der Waals surface area contributed by atoms with Crippen molar-refractivity contribution in [1.29, 1.82) is 0 Å². The van der Waals surface area contributed by atoms with E-state index in [0.29, 0.717) is 6.92 Å². The minimum absolute atomic E-state index is 0.0610. The van der Waals surface area contributed by atoms with E-state index in [1.807, 2.05) is 0 Å². The van der Waals surface area contributed by atoms with Crippen LogP contribution in [0.4, 0.5) is 17.6 Å². The standard InChI is InChI=1S/C7H12F4O/c1-3-12-6(5(9)4-8)7(2,10)11/h5-6H,3-4H2,1-2H3. The second kappa shape index (κ2) is 4.64. The van der Waals surface area contributed by atoms with E-state index < -0.39 is 24.9 Å². The molecule has 0 bridgehead atoms. The van der Waals surface area contributed by atoms with Crippen molar-refractivity contribution in [2.75, 3.05) is 13.3 Å². The van der Waals surface area contributed by atoms with Crippen LogP contribution in [0.1, 0.15) is 13.8 Å². The second-order valence-corrected chi connectivity index (χ2v) is 2.50. The molecule has 1 nitrogen and oxygen atoms in total. The zero-order valence-corrected chi connectivity index (χ0v) is 6.99. The third-order valence-corrected chi connectivity index (χ3v) is 1.32. The molecular weight excluding hydrogens is 176 g/mol. The SMILES string of the molecule is CCOC(C(F)CF)C(C)(F)F. The summed E-state index contributed by atoms with van der Waals surface area (Å²) in [5.74, 6) is -3.35. The molecule has 0 amide bonds. The molecule has 2 atom stereocenters. The first-order valence-corrected chi connectivity index (χ1v) is 3.63. The molecular formula is C7H12F4O. The molecule has 0 N–H and O–H groups in total.